The highest BCUT2D eigenvalue weighted by molar-refractivity contribution is 5.10. The molecule has 3 heteroatoms. The highest BCUT2D eigenvalue weighted by Crippen LogP contribution is 2.15. The Hall–Kier alpha value is -0.830. The van der Waals surface area contributed by atoms with Crippen LogP contribution < -0.4 is 0 Å². The molecule has 1 atom stereocenters. The summed E-state index contributed by atoms with van der Waals surface area (Å²) < 4.78 is 2.12. The first kappa shape index (κ1) is 7.80. The molecule has 0 N–H and O–H groups in total. The van der Waals surface area contributed by atoms with Gasteiger partial charge in [0.05, 0.1) is 17.9 Å². The Morgan fingerprint density at radius 3 is 3.08 bits per heavy atom. The minimum absolute atomic E-state index is 0.608. The van der Waals surface area contributed by atoms with Gasteiger partial charge in [-0.15, -0.1) is 0 Å². The lowest BCUT2D eigenvalue weighted by Crippen LogP contribution is -2.38. The van der Waals surface area contributed by atoms with Gasteiger partial charge in [0.25, 0.3) is 0 Å². The molecule has 0 fully saturated rings. The van der Waals surface area contributed by atoms with E-state index in [9.17, 15) is 0 Å². The van der Waals surface area contributed by atoms with Gasteiger partial charge in [-0.2, -0.15) is 5.10 Å². The summed E-state index contributed by atoms with van der Waals surface area (Å²) in [5.74, 6) is 0. The molecule has 0 amide bonds. The van der Waals surface area contributed by atoms with Gasteiger partial charge in [0.1, 0.15) is 0 Å². The molecule has 66 valence electrons. The highest BCUT2D eigenvalue weighted by atomic mass is 15.3. The fourth-order valence-electron chi connectivity index (χ4n) is 1.69. The van der Waals surface area contributed by atoms with E-state index in [1.807, 2.05) is 0 Å². The number of rotatable bonds is 0. The second-order valence-corrected chi connectivity index (χ2v) is 3.72. The van der Waals surface area contributed by atoms with Gasteiger partial charge >= 0.3 is 0 Å². The van der Waals surface area contributed by atoms with Crippen molar-refractivity contribution in [3.63, 3.8) is 0 Å². The minimum Gasteiger partial charge on any atom is -0.296 e. The van der Waals surface area contributed by atoms with E-state index in [1.165, 1.54) is 5.69 Å². The smallest absolute Gasteiger partial charge is 0.0597 e. The molecular formula is C9H15N3. The Morgan fingerprint density at radius 2 is 2.33 bits per heavy atom. The summed E-state index contributed by atoms with van der Waals surface area (Å²) in [6.45, 7) is 6.34. The largest absolute Gasteiger partial charge is 0.296 e. The molecule has 0 radical (unpaired) electrons. The van der Waals surface area contributed by atoms with Gasteiger partial charge in [-0.1, -0.05) is 0 Å². The number of hydrogen-bond acceptors (Lipinski definition) is 2. The fourth-order valence-corrected chi connectivity index (χ4v) is 1.69. The predicted molar refractivity (Wildman–Crippen MR) is 47.9 cm³/mol. The van der Waals surface area contributed by atoms with E-state index in [0.717, 1.165) is 18.8 Å². The molecule has 2 rings (SSSR count). The first-order chi connectivity index (χ1) is 5.66. The van der Waals surface area contributed by atoms with Gasteiger partial charge < -0.3 is 0 Å². The third-order valence-electron chi connectivity index (χ3n) is 2.59. The van der Waals surface area contributed by atoms with Crippen LogP contribution in [0.25, 0.3) is 0 Å². The molecule has 0 aliphatic carbocycles. The van der Waals surface area contributed by atoms with Crippen molar-refractivity contribution in [1.29, 1.82) is 0 Å². The first-order valence-corrected chi connectivity index (χ1v) is 4.40. The lowest BCUT2D eigenvalue weighted by Gasteiger charge is -2.30. The predicted octanol–water partition coefficient (Wildman–Crippen LogP) is 1.03. The van der Waals surface area contributed by atoms with Crippen molar-refractivity contribution in [3.05, 3.63) is 17.5 Å². The maximum absolute atomic E-state index is 4.43. The SMILES string of the molecule is Cc1cc2n(n1)C[C@H](C)N(C)C2. The van der Waals surface area contributed by atoms with Crippen LogP contribution in [0.4, 0.5) is 0 Å². The summed E-state index contributed by atoms with van der Waals surface area (Å²) in [6, 6.07) is 2.78. The molecule has 1 aromatic heterocycles. The molecule has 0 unspecified atom stereocenters. The van der Waals surface area contributed by atoms with Gasteiger partial charge in [-0.25, -0.2) is 0 Å². The van der Waals surface area contributed by atoms with Crippen LogP contribution in [0.3, 0.4) is 0 Å². The summed E-state index contributed by atoms with van der Waals surface area (Å²) in [4.78, 5) is 2.36. The van der Waals surface area contributed by atoms with Crippen LogP contribution in [-0.2, 0) is 13.1 Å². The Morgan fingerprint density at radius 1 is 1.58 bits per heavy atom. The summed E-state index contributed by atoms with van der Waals surface area (Å²) in [5, 5.41) is 4.43. The molecule has 0 saturated heterocycles. The van der Waals surface area contributed by atoms with Crippen LogP contribution in [0.15, 0.2) is 6.07 Å². The number of likely N-dealkylation sites (N-methyl/N-ethyl adjacent to an activating group) is 1. The van der Waals surface area contributed by atoms with Crippen LogP contribution in [0.5, 0.6) is 0 Å². The van der Waals surface area contributed by atoms with Crippen molar-refractivity contribution < 1.29 is 0 Å². The average molecular weight is 165 g/mol. The number of aromatic nitrogens is 2. The van der Waals surface area contributed by atoms with Crippen molar-refractivity contribution in [2.45, 2.75) is 33.0 Å². The number of aryl methyl sites for hydroxylation is 1. The zero-order chi connectivity index (χ0) is 8.72. The Kier molecular flexibility index (Phi) is 1.68. The lowest BCUT2D eigenvalue weighted by atomic mass is 10.2. The molecule has 3 nitrogen and oxygen atoms in total. The van der Waals surface area contributed by atoms with Crippen LogP contribution in [-0.4, -0.2) is 27.8 Å². The van der Waals surface area contributed by atoms with E-state index in [-0.39, 0.29) is 0 Å². The maximum atomic E-state index is 4.43. The summed E-state index contributed by atoms with van der Waals surface area (Å²) in [7, 11) is 2.16. The van der Waals surface area contributed by atoms with Crippen LogP contribution >= 0.6 is 0 Å². The lowest BCUT2D eigenvalue weighted by molar-refractivity contribution is 0.183. The normalized spacial score (nSPS) is 24.1. The van der Waals surface area contributed by atoms with E-state index in [4.69, 9.17) is 0 Å². The molecular weight excluding hydrogens is 150 g/mol. The van der Waals surface area contributed by atoms with Gasteiger partial charge in [0.2, 0.25) is 0 Å². The van der Waals surface area contributed by atoms with E-state index >= 15 is 0 Å². The second kappa shape index (κ2) is 2.59. The third kappa shape index (κ3) is 1.14. The van der Waals surface area contributed by atoms with Crippen LogP contribution in [0.1, 0.15) is 18.3 Å². The van der Waals surface area contributed by atoms with Crippen molar-refractivity contribution in [2.24, 2.45) is 0 Å². The van der Waals surface area contributed by atoms with Gasteiger partial charge in [-0.05, 0) is 27.0 Å². The Bertz CT molecular complexity index is 262. The van der Waals surface area contributed by atoms with Crippen LogP contribution in [0, 0.1) is 6.92 Å². The van der Waals surface area contributed by atoms with Gasteiger partial charge in [0, 0.05) is 12.6 Å². The number of nitrogens with zero attached hydrogens (tertiary/aromatic N) is 3. The van der Waals surface area contributed by atoms with Gasteiger partial charge in [0.15, 0.2) is 0 Å². The first-order valence-electron chi connectivity index (χ1n) is 4.40. The molecule has 1 aliphatic rings. The average Bonchev–Trinajstić information content (AvgIpc) is 2.30. The standard InChI is InChI=1S/C9H15N3/c1-7-4-9-6-11(3)8(2)5-12(9)10-7/h4,8H,5-6H2,1-3H3/t8-/m0/s1. The van der Waals surface area contributed by atoms with Crippen molar-refractivity contribution in [1.82, 2.24) is 14.7 Å². The van der Waals surface area contributed by atoms with Crippen LogP contribution in [0.2, 0.25) is 0 Å². The van der Waals surface area contributed by atoms with Crippen molar-refractivity contribution >= 4 is 0 Å². The Balaban J connectivity index is 2.33. The molecule has 0 bridgehead atoms. The maximum Gasteiger partial charge on any atom is 0.0597 e. The van der Waals surface area contributed by atoms with E-state index in [1.54, 1.807) is 0 Å². The topological polar surface area (TPSA) is 21.1 Å². The second-order valence-electron chi connectivity index (χ2n) is 3.72. The summed E-state index contributed by atoms with van der Waals surface area (Å²) >= 11 is 0. The zero-order valence-electron chi connectivity index (χ0n) is 7.91. The summed E-state index contributed by atoms with van der Waals surface area (Å²) in [6.07, 6.45) is 0. The number of fused-ring (bicyclic) bond motifs is 1. The molecule has 0 saturated carbocycles. The van der Waals surface area contributed by atoms with Crippen molar-refractivity contribution in [3.8, 4) is 0 Å². The fraction of sp³-hybridized carbons (Fsp3) is 0.667. The molecule has 1 aromatic rings. The summed E-state index contributed by atoms with van der Waals surface area (Å²) in [5.41, 5.74) is 2.47. The molecule has 2 heterocycles. The quantitative estimate of drug-likeness (QED) is 0.572. The van der Waals surface area contributed by atoms with E-state index in [0.29, 0.717) is 6.04 Å². The Labute approximate surface area is 73.0 Å². The molecule has 1 aliphatic heterocycles. The van der Waals surface area contributed by atoms with E-state index < -0.39 is 0 Å². The van der Waals surface area contributed by atoms with Gasteiger partial charge in [-0.3, -0.25) is 9.58 Å². The molecule has 0 aromatic carbocycles. The highest BCUT2D eigenvalue weighted by Gasteiger charge is 2.20. The molecule has 12 heavy (non-hydrogen) atoms. The monoisotopic (exact) mass is 165 g/mol. The number of hydrogen-bond donors (Lipinski definition) is 0. The third-order valence-corrected chi connectivity index (χ3v) is 2.59. The minimum atomic E-state index is 0.608. The van der Waals surface area contributed by atoms with Crippen molar-refractivity contribution in [2.75, 3.05) is 7.05 Å². The zero-order valence-corrected chi connectivity index (χ0v) is 7.91. The molecule has 0 spiro atoms. The van der Waals surface area contributed by atoms with E-state index in [2.05, 4.69) is 41.6 Å².